The molecule has 0 radical (unpaired) electrons. The van der Waals surface area contributed by atoms with Crippen molar-refractivity contribution < 1.29 is 9.90 Å². The summed E-state index contributed by atoms with van der Waals surface area (Å²) in [7, 11) is 0. The number of nitrogens with one attached hydrogen (secondary N) is 1. The van der Waals surface area contributed by atoms with Crippen LogP contribution >= 0.6 is 0 Å². The predicted octanol–water partition coefficient (Wildman–Crippen LogP) is 1.45. The van der Waals surface area contributed by atoms with Crippen LogP contribution in [0.15, 0.2) is 0 Å². The first-order chi connectivity index (χ1) is 6.63. The lowest BCUT2D eigenvalue weighted by Gasteiger charge is -2.29. The van der Waals surface area contributed by atoms with Crippen LogP contribution in [-0.2, 0) is 4.79 Å². The molecule has 3 heteroatoms. The Bertz CT molecular complexity index is 197. The van der Waals surface area contributed by atoms with Crippen LogP contribution in [0.25, 0.3) is 0 Å². The Morgan fingerprint density at radius 1 is 1.50 bits per heavy atom. The Morgan fingerprint density at radius 2 is 2.07 bits per heavy atom. The number of amides is 1. The van der Waals surface area contributed by atoms with E-state index in [1.165, 1.54) is 0 Å². The molecule has 1 fully saturated rings. The summed E-state index contributed by atoms with van der Waals surface area (Å²) in [6.45, 7) is 4.01. The molecule has 14 heavy (non-hydrogen) atoms. The number of carbonyl (C=O) groups is 1. The maximum absolute atomic E-state index is 11.7. The standard InChI is InChI=1S/C11H21NO2/c1-3-9(2)10(14)12-11(8-13)6-4-5-7-11/h9,13H,3-8H2,1-2H3,(H,12,14). The van der Waals surface area contributed by atoms with Gasteiger partial charge < -0.3 is 10.4 Å². The number of aliphatic hydroxyl groups excluding tert-OH is 1. The highest BCUT2D eigenvalue weighted by Gasteiger charge is 2.35. The number of hydrogen-bond donors (Lipinski definition) is 2. The molecule has 1 atom stereocenters. The highest BCUT2D eigenvalue weighted by Crippen LogP contribution is 2.29. The normalized spacial score (nSPS) is 21.9. The lowest BCUT2D eigenvalue weighted by molar-refractivity contribution is -0.127. The first kappa shape index (κ1) is 11.5. The lowest BCUT2D eigenvalue weighted by atomic mass is 9.97. The molecule has 1 aliphatic carbocycles. The van der Waals surface area contributed by atoms with E-state index < -0.39 is 0 Å². The molecule has 1 aliphatic rings. The van der Waals surface area contributed by atoms with Crippen molar-refractivity contribution >= 4 is 5.91 Å². The Morgan fingerprint density at radius 3 is 2.50 bits per heavy atom. The lowest BCUT2D eigenvalue weighted by Crippen LogP contribution is -2.50. The molecule has 1 saturated carbocycles. The van der Waals surface area contributed by atoms with Crippen LogP contribution in [0.4, 0.5) is 0 Å². The van der Waals surface area contributed by atoms with E-state index in [9.17, 15) is 9.90 Å². The minimum atomic E-state index is -0.305. The van der Waals surface area contributed by atoms with Crippen molar-refractivity contribution in [3.05, 3.63) is 0 Å². The van der Waals surface area contributed by atoms with Gasteiger partial charge in [0.25, 0.3) is 0 Å². The first-order valence-corrected chi connectivity index (χ1v) is 5.56. The molecule has 2 N–H and O–H groups in total. The molecule has 0 aliphatic heterocycles. The van der Waals surface area contributed by atoms with E-state index >= 15 is 0 Å². The van der Waals surface area contributed by atoms with Crippen molar-refractivity contribution in [1.29, 1.82) is 0 Å². The van der Waals surface area contributed by atoms with Crippen molar-refractivity contribution in [1.82, 2.24) is 5.32 Å². The van der Waals surface area contributed by atoms with Crippen LogP contribution in [0.5, 0.6) is 0 Å². The van der Waals surface area contributed by atoms with Gasteiger partial charge >= 0.3 is 0 Å². The number of aliphatic hydroxyl groups is 1. The highest BCUT2D eigenvalue weighted by atomic mass is 16.3. The fraction of sp³-hybridized carbons (Fsp3) is 0.909. The van der Waals surface area contributed by atoms with Crippen LogP contribution in [0.2, 0.25) is 0 Å². The quantitative estimate of drug-likeness (QED) is 0.720. The van der Waals surface area contributed by atoms with Crippen molar-refractivity contribution in [3.63, 3.8) is 0 Å². The fourth-order valence-corrected chi connectivity index (χ4v) is 1.94. The van der Waals surface area contributed by atoms with Gasteiger partial charge in [-0.2, -0.15) is 0 Å². The van der Waals surface area contributed by atoms with E-state index in [0.29, 0.717) is 0 Å². The van der Waals surface area contributed by atoms with Crippen molar-refractivity contribution in [3.8, 4) is 0 Å². The molecule has 0 aromatic heterocycles. The van der Waals surface area contributed by atoms with E-state index in [0.717, 1.165) is 32.1 Å². The third-order valence-electron chi connectivity index (χ3n) is 3.31. The molecule has 1 amide bonds. The Hall–Kier alpha value is -0.570. The maximum Gasteiger partial charge on any atom is 0.223 e. The minimum absolute atomic E-state index is 0.0547. The second-order valence-corrected chi connectivity index (χ2v) is 4.44. The Balaban J connectivity index is 2.52. The zero-order chi connectivity index (χ0) is 10.6. The molecule has 82 valence electrons. The number of carbonyl (C=O) groups excluding carboxylic acids is 1. The van der Waals surface area contributed by atoms with E-state index in [1.54, 1.807) is 0 Å². The van der Waals surface area contributed by atoms with E-state index in [1.807, 2.05) is 13.8 Å². The average molecular weight is 199 g/mol. The minimum Gasteiger partial charge on any atom is -0.394 e. The Labute approximate surface area is 85.9 Å². The highest BCUT2D eigenvalue weighted by molar-refractivity contribution is 5.79. The molecule has 0 aromatic rings. The summed E-state index contributed by atoms with van der Waals surface area (Å²) >= 11 is 0. The van der Waals surface area contributed by atoms with Gasteiger partial charge in [-0.3, -0.25) is 4.79 Å². The monoisotopic (exact) mass is 199 g/mol. The predicted molar refractivity (Wildman–Crippen MR) is 55.9 cm³/mol. The molecular formula is C11H21NO2. The second kappa shape index (κ2) is 4.78. The van der Waals surface area contributed by atoms with Gasteiger partial charge in [-0.1, -0.05) is 26.7 Å². The molecule has 0 saturated heterocycles. The Kier molecular flexibility index (Phi) is 3.93. The second-order valence-electron chi connectivity index (χ2n) is 4.44. The van der Waals surface area contributed by atoms with Gasteiger partial charge in [0.05, 0.1) is 12.1 Å². The van der Waals surface area contributed by atoms with Gasteiger partial charge in [0, 0.05) is 5.92 Å². The van der Waals surface area contributed by atoms with Crippen molar-refractivity contribution in [2.75, 3.05) is 6.61 Å². The van der Waals surface area contributed by atoms with E-state index in [-0.39, 0.29) is 24.0 Å². The molecule has 3 nitrogen and oxygen atoms in total. The zero-order valence-corrected chi connectivity index (χ0v) is 9.18. The molecule has 1 rings (SSSR count). The van der Waals surface area contributed by atoms with Gasteiger partial charge in [0.1, 0.15) is 0 Å². The molecule has 1 unspecified atom stereocenters. The summed E-state index contributed by atoms with van der Waals surface area (Å²) in [4.78, 5) is 11.7. The summed E-state index contributed by atoms with van der Waals surface area (Å²) in [6.07, 6.45) is 4.92. The molecule has 0 aromatic carbocycles. The fourth-order valence-electron chi connectivity index (χ4n) is 1.94. The van der Waals surface area contributed by atoms with Gasteiger partial charge in [-0.25, -0.2) is 0 Å². The van der Waals surface area contributed by atoms with Gasteiger partial charge in [0.2, 0.25) is 5.91 Å². The third kappa shape index (κ3) is 2.47. The third-order valence-corrected chi connectivity index (χ3v) is 3.31. The van der Waals surface area contributed by atoms with E-state index in [4.69, 9.17) is 0 Å². The number of hydrogen-bond acceptors (Lipinski definition) is 2. The molecule has 0 spiro atoms. The summed E-state index contributed by atoms with van der Waals surface area (Å²) in [6, 6.07) is 0. The van der Waals surface area contributed by atoms with Crippen LogP contribution in [-0.4, -0.2) is 23.2 Å². The van der Waals surface area contributed by atoms with Crippen LogP contribution in [0, 0.1) is 5.92 Å². The van der Waals surface area contributed by atoms with Gasteiger partial charge in [-0.05, 0) is 19.3 Å². The SMILES string of the molecule is CCC(C)C(=O)NC1(CO)CCCC1. The summed E-state index contributed by atoms with van der Waals surface area (Å²) in [5, 5.41) is 12.3. The summed E-state index contributed by atoms with van der Waals surface area (Å²) < 4.78 is 0. The van der Waals surface area contributed by atoms with E-state index in [2.05, 4.69) is 5.32 Å². The smallest absolute Gasteiger partial charge is 0.223 e. The topological polar surface area (TPSA) is 49.3 Å². The summed E-state index contributed by atoms with van der Waals surface area (Å²) in [5.74, 6) is 0.141. The van der Waals surface area contributed by atoms with Crippen molar-refractivity contribution in [2.24, 2.45) is 5.92 Å². The molecule has 0 heterocycles. The van der Waals surface area contributed by atoms with Gasteiger partial charge in [-0.15, -0.1) is 0 Å². The van der Waals surface area contributed by atoms with Crippen molar-refractivity contribution in [2.45, 2.75) is 51.5 Å². The molecule has 0 bridgehead atoms. The summed E-state index contributed by atoms with van der Waals surface area (Å²) in [5.41, 5.74) is -0.305. The zero-order valence-electron chi connectivity index (χ0n) is 9.18. The first-order valence-electron chi connectivity index (χ1n) is 5.56. The molecular weight excluding hydrogens is 178 g/mol. The van der Waals surface area contributed by atoms with Gasteiger partial charge in [0.15, 0.2) is 0 Å². The van der Waals surface area contributed by atoms with Crippen LogP contribution < -0.4 is 5.32 Å². The number of rotatable bonds is 4. The largest absolute Gasteiger partial charge is 0.394 e. The maximum atomic E-state index is 11.7. The van der Waals surface area contributed by atoms with Crippen LogP contribution in [0.1, 0.15) is 46.0 Å². The average Bonchev–Trinajstić information content (AvgIpc) is 2.65. The van der Waals surface area contributed by atoms with Crippen LogP contribution in [0.3, 0.4) is 0 Å².